The maximum Gasteiger partial charge on any atom is 0.248 e. The highest BCUT2D eigenvalue weighted by Gasteiger charge is 2.46. The number of carbonyl (C=O) groups excluding carboxylic acids is 2. The van der Waals surface area contributed by atoms with E-state index in [0.29, 0.717) is 19.5 Å². The number of nitrogens with zero attached hydrogens (tertiary/aromatic N) is 2. The molecule has 1 aliphatic carbocycles. The Morgan fingerprint density at radius 2 is 2.10 bits per heavy atom. The first-order chi connectivity index (χ1) is 10.1. The lowest BCUT2D eigenvalue weighted by atomic mass is 9.95. The molecular formula is C16H21N3O2. The Morgan fingerprint density at radius 1 is 1.33 bits per heavy atom. The maximum atomic E-state index is 12.9. The van der Waals surface area contributed by atoms with Gasteiger partial charge in [-0.15, -0.1) is 0 Å². The van der Waals surface area contributed by atoms with Gasteiger partial charge in [-0.1, -0.05) is 12.8 Å². The fourth-order valence-electron chi connectivity index (χ4n) is 3.38. The summed E-state index contributed by atoms with van der Waals surface area (Å²) in [6.07, 6.45) is 7.50. The summed E-state index contributed by atoms with van der Waals surface area (Å²) in [4.78, 5) is 30.8. The van der Waals surface area contributed by atoms with Gasteiger partial charge in [0.25, 0.3) is 0 Å². The lowest BCUT2D eigenvalue weighted by Crippen LogP contribution is -2.55. The van der Waals surface area contributed by atoms with Crippen LogP contribution < -0.4 is 5.32 Å². The summed E-state index contributed by atoms with van der Waals surface area (Å²) >= 11 is 0. The van der Waals surface area contributed by atoms with Gasteiger partial charge in [-0.25, -0.2) is 0 Å². The molecule has 2 aliphatic rings. The largest absolute Gasteiger partial charge is 0.342 e. The molecule has 0 bridgehead atoms. The number of nitrogens with one attached hydrogen (secondary N) is 1. The van der Waals surface area contributed by atoms with Crippen molar-refractivity contribution in [3.63, 3.8) is 0 Å². The first kappa shape index (κ1) is 14.0. The molecule has 21 heavy (non-hydrogen) atoms. The normalized spacial score (nSPS) is 21.5. The highest BCUT2D eigenvalue weighted by atomic mass is 16.2. The van der Waals surface area contributed by atoms with E-state index in [2.05, 4.69) is 10.3 Å². The predicted octanol–water partition coefficient (Wildman–Crippen LogP) is 1.55. The van der Waals surface area contributed by atoms with Crippen LogP contribution in [0.4, 0.5) is 0 Å². The van der Waals surface area contributed by atoms with Crippen molar-refractivity contribution in [2.24, 2.45) is 0 Å². The van der Waals surface area contributed by atoms with E-state index in [0.717, 1.165) is 36.8 Å². The second kappa shape index (κ2) is 5.47. The summed E-state index contributed by atoms with van der Waals surface area (Å²) in [6.45, 7) is 3.05. The number of rotatable bonds is 2. The number of hydrogen-bond donors (Lipinski definition) is 1. The van der Waals surface area contributed by atoms with Crippen LogP contribution in [-0.4, -0.2) is 33.8 Å². The van der Waals surface area contributed by atoms with Crippen molar-refractivity contribution >= 4 is 11.8 Å². The molecule has 3 rings (SSSR count). The van der Waals surface area contributed by atoms with Crippen LogP contribution in [0, 0.1) is 6.92 Å². The Balaban J connectivity index is 1.85. The van der Waals surface area contributed by atoms with Crippen molar-refractivity contribution in [2.45, 2.75) is 51.1 Å². The van der Waals surface area contributed by atoms with Crippen LogP contribution in [0.15, 0.2) is 18.5 Å². The molecule has 0 radical (unpaired) electrons. The second-order valence-corrected chi connectivity index (χ2v) is 6.12. The standard InChI is InChI=1S/C16H21N3O2/c1-12-10-17-8-4-13(12)11-19-9-5-14(20)18-16(15(19)21)6-2-3-7-16/h4,8,10H,2-3,5-7,9,11H2,1H3,(H,18,20). The third-order valence-electron chi connectivity index (χ3n) is 4.64. The number of carbonyl (C=O) groups is 2. The SMILES string of the molecule is Cc1cnccc1CN1CCC(=O)NC2(CCCC2)C1=O. The van der Waals surface area contributed by atoms with E-state index < -0.39 is 5.54 Å². The van der Waals surface area contributed by atoms with Crippen LogP contribution in [0.5, 0.6) is 0 Å². The monoisotopic (exact) mass is 287 g/mol. The zero-order valence-corrected chi connectivity index (χ0v) is 12.4. The Morgan fingerprint density at radius 3 is 2.81 bits per heavy atom. The highest BCUT2D eigenvalue weighted by Crippen LogP contribution is 2.33. The minimum Gasteiger partial charge on any atom is -0.342 e. The second-order valence-electron chi connectivity index (χ2n) is 6.12. The molecule has 1 aliphatic heterocycles. The molecule has 0 atom stereocenters. The molecule has 2 heterocycles. The number of amides is 2. The molecule has 2 amide bonds. The fourth-order valence-corrected chi connectivity index (χ4v) is 3.38. The molecule has 1 N–H and O–H groups in total. The summed E-state index contributed by atoms with van der Waals surface area (Å²) in [5.74, 6) is 0.0845. The molecule has 2 fully saturated rings. The van der Waals surface area contributed by atoms with Gasteiger partial charge in [0.15, 0.2) is 0 Å². The van der Waals surface area contributed by atoms with Crippen LogP contribution in [-0.2, 0) is 16.1 Å². The van der Waals surface area contributed by atoms with Crippen LogP contribution in [0.25, 0.3) is 0 Å². The third kappa shape index (κ3) is 2.64. The van der Waals surface area contributed by atoms with Crippen LogP contribution in [0.2, 0.25) is 0 Å². The number of aryl methyl sites for hydroxylation is 1. The molecule has 0 aromatic carbocycles. The van der Waals surface area contributed by atoms with Gasteiger partial charge in [-0.05, 0) is 37.0 Å². The molecular weight excluding hydrogens is 266 g/mol. The van der Waals surface area contributed by atoms with Gasteiger partial charge < -0.3 is 10.2 Å². The average Bonchev–Trinajstić information content (AvgIpc) is 2.90. The first-order valence-electron chi connectivity index (χ1n) is 7.61. The van der Waals surface area contributed by atoms with Gasteiger partial charge in [-0.2, -0.15) is 0 Å². The zero-order chi connectivity index (χ0) is 14.9. The molecule has 1 aromatic rings. The van der Waals surface area contributed by atoms with Crippen LogP contribution >= 0.6 is 0 Å². The minimum absolute atomic E-state index is 0.000740. The van der Waals surface area contributed by atoms with Crippen molar-refractivity contribution in [2.75, 3.05) is 6.54 Å². The molecule has 1 saturated heterocycles. The minimum atomic E-state index is -0.644. The van der Waals surface area contributed by atoms with Gasteiger partial charge in [-0.3, -0.25) is 14.6 Å². The summed E-state index contributed by atoms with van der Waals surface area (Å²) in [7, 11) is 0. The Bertz CT molecular complexity index is 564. The number of hydrogen-bond acceptors (Lipinski definition) is 3. The molecule has 5 heteroatoms. The van der Waals surface area contributed by atoms with Gasteiger partial charge in [0.05, 0.1) is 0 Å². The first-order valence-corrected chi connectivity index (χ1v) is 7.61. The van der Waals surface area contributed by atoms with E-state index in [1.165, 1.54) is 0 Å². The summed E-state index contributed by atoms with van der Waals surface area (Å²) < 4.78 is 0. The number of pyridine rings is 1. The summed E-state index contributed by atoms with van der Waals surface area (Å²) in [5, 5.41) is 2.99. The highest BCUT2D eigenvalue weighted by molar-refractivity contribution is 5.93. The van der Waals surface area contributed by atoms with Crippen molar-refractivity contribution < 1.29 is 9.59 Å². The van der Waals surface area contributed by atoms with Gasteiger partial charge >= 0.3 is 0 Å². The van der Waals surface area contributed by atoms with Crippen molar-refractivity contribution in [3.8, 4) is 0 Å². The lowest BCUT2D eigenvalue weighted by molar-refractivity contribution is -0.139. The predicted molar refractivity (Wildman–Crippen MR) is 78.3 cm³/mol. The van der Waals surface area contributed by atoms with Crippen molar-refractivity contribution in [1.29, 1.82) is 0 Å². The van der Waals surface area contributed by atoms with E-state index in [-0.39, 0.29) is 11.8 Å². The zero-order valence-electron chi connectivity index (χ0n) is 12.4. The van der Waals surface area contributed by atoms with E-state index in [1.807, 2.05) is 24.1 Å². The quantitative estimate of drug-likeness (QED) is 0.897. The lowest BCUT2D eigenvalue weighted by Gasteiger charge is -2.32. The Hall–Kier alpha value is -1.91. The Kier molecular flexibility index (Phi) is 3.66. The summed E-state index contributed by atoms with van der Waals surface area (Å²) in [5.41, 5.74) is 1.53. The fraction of sp³-hybridized carbons (Fsp3) is 0.562. The van der Waals surface area contributed by atoms with E-state index in [1.54, 1.807) is 6.20 Å². The molecule has 112 valence electrons. The van der Waals surface area contributed by atoms with E-state index in [9.17, 15) is 9.59 Å². The van der Waals surface area contributed by atoms with Crippen LogP contribution in [0.1, 0.15) is 43.2 Å². The van der Waals surface area contributed by atoms with Crippen LogP contribution in [0.3, 0.4) is 0 Å². The molecule has 5 nitrogen and oxygen atoms in total. The maximum absolute atomic E-state index is 12.9. The number of aromatic nitrogens is 1. The van der Waals surface area contributed by atoms with Gasteiger partial charge in [0, 0.05) is 31.9 Å². The third-order valence-corrected chi connectivity index (χ3v) is 4.64. The van der Waals surface area contributed by atoms with Crippen molar-refractivity contribution in [1.82, 2.24) is 15.2 Å². The summed E-state index contributed by atoms with van der Waals surface area (Å²) in [6, 6.07) is 1.95. The Labute approximate surface area is 124 Å². The van der Waals surface area contributed by atoms with E-state index >= 15 is 0 Å². The topological polar surface area (TPSA) is 62.3 Å². The molecule has 1 spiro atoms. The average molecular weight is 287 g/mol. The van der Waals surface area contributed by atoms with E-state index in [4.69, 9.17) is 0 Å². The van der Waals surface area contributed by atoms with Gasteiger partial charge in [0.2, 0.25) is 11.8 Å². The molecule has 1 aromatic heterocycles. The molecule has 1 saturated carbocycles. The van der Waals surface area contributed by atoms with Crippen molar-refractivity contribution in [3.05, 3.63) is 29.6 Å². The molecule has 0 unspecified atom stereocenters. The van der Waals surface area contributed by atoms with Gasteiger partial charge in [0.1, 0.15) is 5.54 Å². The smallest absolute Gasteiger partial charge is 0.248 e.